The molecular weight excluding hydrogens is 336 g/mol. The number of Topliss-reactive ketones (excluding diaryl/α,β-unsaturated/α-hetero) is 1. The number of rotatable bonds is 5. The van der Waals surface area contributed by atoms with Gasteiger partial charge in [0, 0.05) is 17.8 Å². The summed E-state index contributed by atoms with van der Waals surface area (Å²) in [5.74, 6) is -0.202. The van der Waals surface area contributed by atoms with Crippen LogP contribution in [-0.2, 0) is 0 Å². The molecule has 3 rings (SSSR count). The van der Waals surface area contributed by atoms with E-state index in [0.717, 1.165) is 23.7 Å². The largest absolute Gasteiger partial charge is 0.508 e. The fourth-order valence-electron chi connectivity index (χ4n) is 3.43. The van der Waals surface area contributed by atoms with E-state index >= 15 is 0 Å². The lowest BCUT2D eigenvalue weighted by molar-refractivity contribution is 0.102. The third-order valence-corrected chi connectivity index (χ3v) is 5.86. The number of ketones is 1. The zero-order valence-corrected chi connectivity index (χ0v) is 15.5. The monoisotopic (exact) mass is 360 g/mol. The molecule has 1 aliphatic carbocycles. The van der Waals surface area contributed by atoms with Crippen LogP contribution < -0.4 is 0 Å². The topological polar surface area (TPSA) is 75.3 Å². The summed E-state index contributed by atoms with van der Waals surface area (Å²) in [6, 6.07) is 4.52. The molecule has 1 saturated carbocycles. The quantitative estimate of drug-likeness (QED) is 0.611. The average molecular weight is 360 g/mol. The second-order valence-corrected chi connectivity index (χ2v) is 7.58. The normalized spacial score (nSPS) is 15.4. The minimum Gasteiger partial charge on any atom is -0.508 e. The van der Waals surface area contributed by atoms with E-state index in [2.05, 4.69) is 16.5 Å². The molecule has 0 aliphatic heterocycles. The van der Waals surface area contributed by atoms with E-state index in [1.807, 2.05) is 6.92 Å². The van der Waals surface area contributed by atoms with Gasteiger partial charge >= 0.3 is 0 Å². The maximum absolute atomic E-state index is 12.4. The Kier molecular flexibility index (Phi) is 5.37. The molecule has 1 heterocycles. The zero-order chi connectivity index (χ0) is 18.0. The lowest BCUT2D eigenvalue weighted by atomic mass is 9.95. The first-order chi connectivity index (χ1) is 12.0. The number of nitrogens with zero attached hydrogens (tertiary/aromatic N) is 2. The van der Waals surface area contributed by atoms with Gasteiger partial charge in [0.2, 0.25) is 0 Å². The number of phenols is 2. The Morgan fingerprint density at radius 1 is 1.24 bits per heavy atom. The molecule has 2 N–H and O–H groups in total. The van der Waals surface area contributed by atoms with Crippen molar-refractivity contribution in [3.63, 3.8) is 0 Å². The number of imidazole rings is 1. The van der Waals surface area contributed by atoms with Gasteiger partial charge in [-0.25, -0.2) is 4.98 Å². The summed E-state index contributed by atoms with van der Waals surface area (Å²) >= 11 is 1.42. The Morgan fingerprint density at radius 2 is 1.96 bits per heavy atom. The molecule has 0 saturated heterocycles. The summed E-state index contributed by atoms with van der Waals surface area (Å²) < 4.78 is 2.29. The van der Waals surface area contributed by atoms with Crippen molar-refractivity contribution in [2.24, 2.45) is 0 Å². The number of aryl methyl sites for hydroxylation is 1. The molecule has 1 aliphatic rings. The minimum absolute atomic E-state index is 0.0548. The molecule has 0 spiro atoms. The summed E-state index contributed by atoms with van der Waals surface area (Å²) in [6.45, 7) is 4.10. The van der Waals surface area contributed by atoms with E-state index in [1.165, 1.54) is 54.9 Å². The highest BCUT2D eigenvalue weighted by Gasteiger charge is 2.23. The van der Waals surface area contributed by atoms with Crippen LogP contribution in [0.5, 0.6) is 11.5 Å². The highest BCUT2D eigenvalue weighted by molar-refractivity contribution is 7.99. The van der Waals surface area contributed by atoms with E-state index in [0.29, 0.717) is 6.04 Å². The van der Waals surface area contributed by atoms with Gasteiger partial charge in [-0.1, -0.05) is 31.0 Å². The van der Waals surface area contributed by atoms with Gasteiger partial charge in [-0.2, -0.15) is 0 Å². The van der Waals surface area contributed by atoms with E-state index in [4.69, 9.17) is 0 Å². The van der Waals surface area contributed by atoms with Crippen molar-refractivity contribution in [1.29, 1.82) is 0 Å². The number of carbonyl (C=O) groups is 1. The molecule has 0 amide bonds. The first-order valence-corrected chi connectivity index (χ1v) is 9.69. The van der Waals surface area contributed by atoms with Crippen LogP contribution in [-0.4, -0.2) is 31.3 Å². The number of aromatic nitrogens is 2. The number of aromatic hydroxyl groups is 2. The molecular formula is C19H24N2O3S. The molecule has 0 radical (unpaired) electrons. The zero-order valence-electron chi connectivity index (χ0n) is 14.7. The van der Waals surface area contributed by atoms with Crippen molar-refractivity contribution in [2.45, 2.75) is 57.1 Å². The van der Waals surface area contributed by atoms with E-state index in [-0.39, 0.29) is 28.6 Å². The molecule has 134 valence electrons. The highest BCUT2D eigenvalue weighted by atomic mass is 32.2. The molecule has 0 unspecified atom stereocenters. The lowest BCUT2D eigenvalue weighted by Crippen LogP contribution is -2.15. The van der Waals surface area contributed by atoms with Crippen molar-refractivity contribution < 1.29 is 15.0 Å². The van der Waals surface area contributed by atoms with Gasteiger partial charge in [0.05, 0.1) is 17.0 Å². The Bertz CT molecular complexity index is 779. The molecule has 1 aromatic carbocycles. The van der Waals surface area contributed by atoms with Gasteiger partial charge in [0.15, 0.2) is 10.9 Å². The van der Waals surface area contributed by atoms with Crippen LogP contribution in [0.4, 0.5) is 0 Å². The van der Waals surface area contributed by atoms with Crippen LogP contribution >= 0.6 is 11.8 Å². The molecule has 1 aromatic heterocycles. The fourth-order valence-corrected chi connectivity index (χ4v) is 4.47. The van der Waals surface area contributed by atoms with Crippen LogP contribution in [0.1, 0.15) is 59.9 Å². The number of hydrogen-bond acceptors (Lipinski definition) is 5. The van der Waals surface area contributed by atoms with Gasteiger partial charge in [-0.05, 0) is 38.8 Å². The van der Waals surface area contributed by atoms with Gasteiger partial charge < -0.3 is 14.8 Å². The maximum atomic E-state index is 12.4. The third kappa shape index (κ3) is 3.84. The molecule has 6 heteroatoms. The Balaban J connectivity index is 1.76. The van der Waals surface area contributed by atoms with Gasteiger partial charge in [0.1, 0.15) is 11.5 Å². The van der Waals surface area contributed by atoms with Gasteiger partial charge in [-0.3, -0.25) is 4.79 Å². The van der Waals surface area contributed by atoms with E-state index < -0.39 is 0 Å². The SMILES string of the molecule is Cc1nc(SCC(=O)c2ccc(O)cc2O)n(C2CCCCC2)c1C. The summed E-state index contributed by atoms with van der Waals surface area (Å²) in [5, 5.41) is 20.1. The summed E-state index contributed by atoms with van der Waals surface area (Å²) in [6.07, 6.45) is 6.11. The lowest BCUT2D eigenvalue weighted by Gasteiger charge is -2.26. The summed E-state index contributed by atoms with van der Waals surface area (Å²) in [4.78, 5) is 17.1. The predicted octanol–water partition coefficient (Wildman–Crippen LogP) is 4.39. The number of phenolic OH excluding ortho intramolecular Hbond substituents is 2. The Labute approximate surface area is 152 Å². The standard InChI is InChI=1S/C19H24N2O3S/c1-12-13(2)21(14-6-4-3-5-7-14)19(20-12)25-11-18(24)16-9-8-15(22)10-17(16)23/h8-10,14,22-23H,3-7,11H2,1-2H3. The maximum Gasteiger partial charge on any atom is 0.176 e. The number of thioether (sulfide) groups is 1. The van der Waals surface area contributed by atoms with Crippen LogP contribution in [0.15, 0.2) is 23.4 Å². The molecule has 1 fully saturated rings. The number of benzene rings is 1. The van der Waals surface area contributed by atoms with Crippen LogP contribution in [0, 0.1) is 13.8 Å². The Morgan fingerprint density at radius 3 is 2.64 bits per heavy atom. The van der Waals surface area contributed by atoms with Crippen LogP contribution in [0.25, 0.3) is 0 Å². The highest BCUT2D eigenvalue weighted by Crippen LogP contribution is 2.34. The molecule has 2 aromatic rings. The van der Waals surface area contributed by atoms with Crippen molar-refractivity contribution >= 4 is 17.5 Å². The fraction of sp³-hybridized carbons (Fsp3) is 0.474. The molecule has 0 bridgehead atoms. The molecule has 5 nitrogen and oxygen atoms in total. The van der Waals surface area contributed by atoms with Crippen molar-refractivity contribution in [1.82, 2.24) is 9.55 Å². The minimum atomic E-state index is -0.186. The van der Waals surface area contributed by atoms with Crippen LogP contribution in [0.2, 0.25) is 0 Å². The summed E-state index contributed by atoms with van der Waals surface area (Å²) in [7, 11) is 0. The second-order valence-electron chi connectivity index (χ2n) is 6.64. The van der Waals surface area contributed by atoms with Crippen molar-refractivity contribution in [3.05, 3.63) is 35.2 Å². The molecule has 0 atom stereocenters. The number of hydrogen-bond donors (Lipinski definition) is 2. The second kappa shape index (κ2) is 7.52. The first kappa shape index (κ1) is 17.9. The first-order valence-electron chi connectivity index (χ1n) is 8.70. The molecule has 25 heavy (non-hydrogen) atoms. The van der Waals surface area contributed by atoms with Crippen molar-refractivity contribution in [2.75, 3.05) is 5.75 Å². The third-order valence-electron chi connectivity index (χ3n) is 4.91. The Hall–Kier alpha value is -1.95. The predicted molar refractivity (Wildman–Crippen MR) is 98.6 cm³/mol. The summed E-state index contributed by atoms with van der Waals surface area (Å²) in [5.41, 5.74) is 2.41. The van der Waals surface area contributed by atoms with Crippen LogP contribution in [0.3, 0.4) is 0 Å². The van der Waals surface area contributed by atoms with Gasteiger partial charge in [-0.15, -0.1) is 0 Å². The smallest absolute Gasteiger partial charge is 0.176 e. The van der Waals surface area contributed by atoms with Gasteiger partial charge in [0.25, 0.3) is 0 Å². The van der Waals surface area contributed by atoms with Crippen molar-refractivity contribution in [3.8, 4) is 11.5 Å². The average Bonchev–Trinajstić information content (AvgIpc) is 2.88. The van der Waals surface area contributed by atoms with E-state index in [1.54, 1.807) is 0 Å². The van der Waals surface area contributed by atoms with E-state index in [9.17, 15) is 15.0 Å². The number of carbonyl (C=O) groups excluding carboxylic acids is 1.